The predicted octanol–water partition coefficient (Wildman–Crippen LogP) is 1.29. The fraction of sp³-hybridized carbons (Fsp3) is 0.923. The van der Waals surface area contributed by atoms with Gasteiger partial charge in [0.2, 0.25) is 5.91 Å². The highest BCUT2D eigenvalue weighted by atomic mass is 16.5. The fourth-order valence-corrected chi connectivity index (χ4v) is 1.94. The van der Waals surface area contributed by atoms with Crippen LogP contribution in [0.2, 0.25) is 0 Å². The minimum Gasteiger partial charge on any atom is -0.381 e. The third-order valence-corrected chi connectivity index (χ3v) is 3.41. The Hall–Kier alpha value is -0.610. The normalized spacial score (nSPS) is 20.0. The Bertz CT molecular complexity index is 242. The minimum atomic E-state index is -0.433. The molecule has 0 saturated carbocycles. The van der Waals surface area contributed by atoms with Crippen molar-refractivity contribution in [2.45, 2.75) is 46.1 Å². The van der Waals surface area contributed by atoms with Gasteiger partial charge in [0.05, 0.1) is 6.04 Å². The van der Waals surface area contributed by atoms with Gasteiger partial charge in [-0.15, -0.1) is 0 Å². The van der Waals surface area contributed by atoms with Gasteiger partial charge in [-0.3, -0.25) is 4.79 Å². The lowest BCUT2D eigenvalue weighted by Gasteiger charge is -2.26. The summed E-state index contributed by atoms with van der Waals surface area (Å²) >= 11 is 0. The van der Waals surface area contributed by atoms with Crippen molar-refractivity contribution in [2.75, 3.05) is 19.8 Å². The molecule has 1 aliphatic heterocycles. The molecule has 100 valence electrons. The van der Waals surface area contributed by atoms with E-state index in [1.807, 2.05) is 20.8 Å². The van der Waals surface area contributed by atoms with Crippen molar-refractivity contribution in [3.63, 3.8) is 0 Å². The van der Waals surface area contributed by atoms with Crippen LogP contribution in [0.1, 0.15) is 40.0 Å². The highest BCUT2D eigenvalue weighted by molar-refractivity contribution is 5.82. The van der Waals surface area contributed by atoms with Crippen LogP contribution in [-0.2, 0) is 9.53 Å². The summed E-state index contributed by atoms with van der Waals surface area (Å²) in [7, 11) is 0. The third-order valence-electron chi connectivity index (χ3n) is 3.41. The van der Waals surface area contributed by atoms with Gasteiger partial charge in [-0.05, 0) is 30.6 Å². The van der Waals surface area contributed by atoms with Crippen LogP contribution < -0.4 is 11.1 Å². The van der Waals surface area contributed by atoms with Crippen LogP contribution in [0.5, 0.6) is 0 Å². The van der Waals surface area contributed by atoms with Crippen molar-refractivity contribution >= 4 is 5.91 Å². The second-order valence-corrected chi connectivity index (χ2v) is 5.98. The van der Waals surface area contributed by atoms with Crippen molar-refractivity contribution in [3.05, 3.63) is 0 Å². The molecule has 17 heavy (non-hydrogen) atoms. The smallest absolute Gasteiger partial charge is 0.237 e. The zero-order chi connectivity index (χ0) is 12.9. The molecule has 1 aliphatic rings. The summed E-state index contributed by atoms with van der Waals surface area (Å²) in [6.07, 6.45) is 3.26. The van der Waals surface area contributed by atoms with Gasteiger partial charge < -0.3 is 15.8 Å². The zero-order valence-electron chi connectivity index (χ0n) is 11.3. The van der Waals surface area contributed by atoms with E-state index in [-0.39, 0.29) is 11.3 Å². The number of nitrogens with one attached hydrogen (secondary N) is 1. The molecule has 1 amide bonds. The molecule has 1 rings (SSSR count). The quantitative estimate of drug-likeness (QED) is 0.781. The van der Waals surface area contributed by atoms with E-state index in [1.165, 1.54) is 0 Å². The average molecular weight is 242 g/mol. The van der Waals surface area contributed by atoms with Gasteiger partial charge in [-0.25, -0.2) is 0 Å². The predicted molar refractivity (Wildman–Crippen MR) is 68.6 cm³/mol. The summed E-state index contributed by atoms with van der Waals surface area (Å²) in [6, 6.07) is -0.433. The monoisotopic (exact) mass is 242 g/mol. The molecule has 0 unspecified atom stereocenters. The summed E-state index contributed by atoms with van der Waals surface area (Å²) in [6.45, 7) is 8.40. The first kappa shape index (κ1) is 14.5. The minimum absolute atomic E-state index is 0.0374. The number of amides is 1. The molecule has 0 radical (unpaired) electrons. The first-order valence-electron chi connectivity index (χ1n) is 6.52. The molecule has 0 aromatic heterocycles. The summed E-state index contributed by atoms with van der Waals surface area (Å²) in [4.78, 5) is 11.8. The number of rotatable bonds is 4. The number of hydrogen-bond acceptors (Lipinski definition) is 3. The van der Waals surface area contributed by atoms with Gasteiger partial charge >= 0.3 is 0 Å². The van der Waals surface area contributed by atoms with Gasteiger partial charge in [0.15, 0.2) is 0 Å². The molecule has 0 aromatic rings. The molecule has 4 heteroatoms. The molecule has 1 fully saturated rings. The Morgan fingerprint density at radius 3 is 2.53 bits per heavy atom. The largest absolute Gasteiger partial charge is 0.381 e. The standard InChI is InChI=1S/C13H26N2O2/c1-13(2,3)11(14)12(16)15-7-4-10-5-8-17-9-6-10/h10-11H,4-9,14H2,1-3H3,(H,15,16)/t11-/m1/s1. The lowest BCUT2D eigenvalue weighted by Crippen LogP contribution is -2.48. The molecule has 0 aliphatic carbocycles. The van der Waals surface area contributed by atoms with Crippen LogP contribution in [0, 0.1) is 11.3 Å². The van der Waals surface area contributed by atoms with E-state index in [4.69, 9.17) is 10.5 Å². The topological polar surface area (TPSA) is 64.4 Å². The van der Waals surface area contributed by atoms with Crippen molar-refractivity contribution in [1.82, 2.24) is 5.32 Å². The van der Waals surface area contributed by atoms with E-state index in [1.54, 1.807) is 0 Å². The van der Waals surface area contributed by atoms with Crippen molar-refractivity contribution in [1.29, 1.82) is 0 Å². The molecular weight excluding hydrogens is 216 g/mol. The van der Waals surface area contributed by atoms with Gasteiger partial charge in [-0.2, -0.15) is 0 Å². The number of ether oxygens (including phenoxy) is 1. The number of nitrogens with two attached hydrogens (primary N) is 1. The lowest BCUT2D eigenvalue weighted by atomic mass is 9.87. The first-order chi connectivity index (χ1) is 7.91. The molecule has 0 spiro atoms. The maximum absolute atomic E-state index is 11.8. The second kappa shape index (κ2) is 6.36. The highest BCUT2D eigenvalue weighted by Gasteiger charge is 2.27. The van der Waals surface area contributed by atoms with Crippen LogP contribution in [0.3, 0.4) is 0 Å². The average Bonchev–Trinajstić information content (AvgIpc) is 2.28. The Labute approximate surface area is 104 Å². The van der Waals surface area contributed by atoms with E-state index in [9.17, 15) is 4.79 Å². The Morgan fingerprint density at radius 2 is 2.00 bits per heavy atom. The van der Waals surface area contributed by atoms with Gasteiger partial charge in [0.25, 0.3) is 0 Å². The van der Waals surface area contributed by atoms with E-state index in [0.717, 1.165) is 39.0 Å². The third kappa shape index (κ3) is 5.04. The molecule has 4 nitrogen and oxygen atoms in total. The summed E-state index contributed by atoms with van der Waals surface area (Å²) < 4.78 is 5.30. The lowest BCUT2D eigenvalue weighted by molar-refractivity contribution is -0.124. The van der Waals surface area contributed by atoms with Crippen LogP contribution in [0.25, 0.3) is 0 Å². The van der Waals surface area contributed by atoms with E-state index < -0.39 is 6.04 Å². The molecule has 0 bridgehead atoms. The van der Waals surface area contributed by atoms with Crippen molar-refractivity contribution in [3.8, 4) is 0 Å². The van der Waals surface area contributed by atoms with Gasteiger partial charge in [-0.1, -0.05) is 20.8 Å². The van der Waals surface area contributed by atoms with Crippen LogP contribution in [0.4, 0.5) is 0 Å². The van der Waals surface area contributed by atoms with Crippen LogP contribution >= 0.6 is 0 Å². The zero-order valence-corrected chi connectivity index (χ0v) is 11.3. The number of hydrogen-bond donors (Lipinski definition) is 2. The Morgan fingerprint density at radius 1 is 1.41 bits per heavy atom. The van der Waals surface area contributed by atoms with Crippen LogP contribution in [0.15, 0.2) is 0 Å². The molecule has 0 aromatic carbocycles. The molecule has 3 N–H and O–H groups in total. The van der Waals surface area contributed by atoms with E-state index in [0.29, 0.717) is 5.92 Å². The summed E-state index contributed by atoms with van der Waals surface area (Å²) in [5.41, 5.74) is 5.70. The molecule has 1 saturated heterocycles. The maximum atomic E-state index is 11.8. The summed E-state index contributed by atoms with van der Waals surface area (Å²) in [5, 5.41) is 2.93. The number of carbonyl (C=O) groups excluding carboxylic acids is 1. The summed E-state index contributed by atoms with van der Waals surface area (Å²) in [5.74, 6) is 0.652. The second-order valence-electron chi connectivity index (χ2n) is 5.98. The molecule has 1 atom stereocenters. The molecule has 1 heterocycles. The highest BCUT2D eigenvalue weighted by Crippen LogP contribution is 2.19. The first-order valence-corrected chi connectivity index (χ1v) is 6.52. The van der Waals surface area contributed by atoms with E-state index in [2.05, 4.69) is 5.32 Å². The SMILES string of the molecule is CC(C)(C)[C@H](N)C(=O)NCCC1CCOCC1. The van der Waals surface area contributed by atoms with Crippen molar-refractivity contribution < 1.29 is 9.53 Å². The van der Waals surface area contributed by atoms with Crippen molar-refractivity contribution in [2.24, 2.45) is 17.1 Å². The molecular formula is C13H26N2O2. The Kier molecular flexibility index (Phi) is 5.40. The number of carbonyl (C=O) groups is 1. The van der Waals surface area contributed by atoms with Gasteiger partial charge in [0, 0.05) is 19.8 Å². The van der Waals surface area contributed by atoms with E-state index >= 15 is 0 Å². The van der Waals surface area contributed by atoms with Crippen LogP contribution in [-0.4, -0.2) is 31.7 Å². The van der Waals surface area contributed by atoms with Gasteiger partial charge in [0.1, 0.15) is 0 Å². The maximum Gasteiger partial charge on any atom is 0.237 e. The Balaban J connectivity index is 2.19. The fourth-order valence-electron chi connectivity index (χ4n) is 1.94.